The summed E-state index contributed by atoms with van der Waals surface area (Å²) in [5.74, 6) is 0.0482. The quantitative estimate of drug-likeness (QED) is 0.407. The third kappa shape index (κ3) is 2.63. The number of fused-ring (bicyclic) bond motifs is 3. The van der Waals surface area contributed by atoms with Gasteiger partial charge in [-0.3, -0.25) is 0 Å². The Kier molecular flexibility index (Phi) is 3.50. The minimum atomic E-state index is -0.435. The Hall–Kier alpha value is -3.14. The van der Waals surface area contributed by atoms with E-state index in [1.54, 1.807) is 18.2 Å². The molecule has 0 N–H and O–H groups in total. The van der Waals surface area contributed by atoms with E-state index in [9.17, 15) is 9.18 Å². The molecule has 118 valence electrons. The molecule has 0 spiro atoms. The Morgan fingerprint density at radius 2 is 1.83 bits per heavy atom. The SMILES string of the molecule is O=c1cc(COc2cccc(F)c2)c2c(ccc3ccccc32)o1. The number of hydrogen-bond acceptors (Lipinski definition) is 3. The predicted molar refractivity (Wildman–Crippen MR) is 90.7 cm³/mol. The maximum atomic E-state index is 13.3. The summed E-state index contributed by atoms with van der Waals surface area (Å²) in [4.78, 5) is 11.8. The molecule has 0 unspecified atom stereocenters. The van der Waals surface area contributed by atoms with E-state index < -0.39 is 5.63 Å². The van der Waals surface area contributed by atoms with Crippen LogP contribution in [0.15, 0.2) is 75.9 Å². The van der Waals surface area contributed by atoms with Crippen LogP contribution in [0.25, 0.3) is 21.7 Å². The average Bonchev–Trinajstić information content (AvgIpc) is 2.59. The van der Waals surface area contributed by atoms with E-state index >= 15 is 0 Å². The van der Waals surface area contributed by atoms with Crippen molar-refractivity contribution < 1.29 is 13.5 Å². The summed E-state index contributed by atoms with van der Waals surface area (Å²) in [5, 5.41) is 2.87. The summed E-state index contributed by atoms with van der Waals surface area (Å²) in [5.41, 5.74) is 0.789. The number of rotatable bonds is 3. The highest BCUT2D eigenvalue weighted by Gasteiger charge is 2.10. The first-order valence-corrected chi connectivity index (χ1v) is 7.53. The fraction of sp³-hybridized carbons (Fsp3) is 0.0500. The molecule has 0 aliphatic heterocycles. The summed E-state index contributed by atoms with van der Waals surface area (Å²) < 4.78 is 24.2. The molecule has 4 aromatic rings. The molecule has 4 rings (SSSR count). The molecule has 3 aromatic carbocycles. The largest absolute Gasteiger partial charge is 0.489 e. The first kappa shape index (κ1) is 14.5. The summed E-state index contributed by atoms with van der Waals surface area (Å²) in [6.45, 7) is 0.152. The molecule has 0 atom stereocenters. The summed E-state index contributed by atoms with van der Waals surface area (Å²) in [6, 6.07) is 18.9. The van der Waals surface area contributed by atoms with Gasteiger partial charge < -0.3 is 9.15 Å². The molecule has 0 fully saturated rings. The van der Waals surface area contributed by atoms with Gasteiger partial charge in [0.1, 0.15) is 23.8 Å². The highest BCUT2D eigenvalue weighted by Crippen LogP contribution is 2.28. The van der Waals surface area contributed by atoms with E-state index in [1.165, 1.54) is 18.2 Å². The van der Waals surface area contributed by atoms with E-state index in [0.29, 0.717) is 16.9 Å². The van der Waals surface area contributed by atoms with Crippen molar-refractivity contribution in [1.29, 1.82) is 0 Å². The molecule has 4 heteroatoms. The van der Waals surface area contributed by atoms with E-state index in [1.807, 2.05) is 30.3 Å². The minimum Gasteiger partial charge on any atom is -0.489 e. The third-order valence-electron chi connectivity index (χ3n) is 3.90. The second kappa shape index (κ2) is 5.81. The van der Waals surface area contributed by atoms with Gasteiger partial charge in [0, 0.05) is 23.1 Å². The molecule has 0 saturated carbocycles. The van der Waals surface area contributed by atoms with Crippen LogP contribution in [-0.2, 0) is 6.61 Å². The second-order valence-corrected chi connectivity index (χ2v) is 5.50. The maximum Gasteiger partial charge on any atom is 0.336 e. The van der Waals surface area contributed by atoms with E-state index in [2.05, 4.69) is 0 Å². The van der Waals surface area contributed by atoms with Crippen LogP contribution >= 0.6 is 0 Å². The van der Waals surface area contributed by atoms with Gasteiger partial charge in [0.05, 0.1) is 0 Å². The Bertz CT molecular complexity index is 1100. The first-order chi connectivity index (χ1) is 11.7. The van der Waals surface area contributed by atoms with Crippen molar-refractivity contribution in [2.75, 3.05) is 0 Å². The Balaban J connectivity index is 1.84. The zero-order valence-corrected chi connectivity index (χ0v) is 12.7. The zero-order chi connectivity index (χ0) is 16.5. The van der Waals surface area contributed by atoms with Gasteiger partial charge in [-0.25, -0.2) is 9.18 Å². The van der Waals surface area contributed by atoms with Crippen molar-refractivity contribution >= 4 is 21.7 Å². The van der Waals surface area contributed by atoms with Crippen LogP contribution in [0.3, 0.4) is 0 Å². The minimum absolute atomic E-state index is 0.152. The fourth-order valence-electron chi connectivity index (χ4n) is 2.85. The summed E-state index contributed by atoms with van der Waals surface area (Å²) in [6.07, 6.45) is 0. The lowest BCUT2D eigenvalue weighted by atomic mass is 10.0. The zero-order valence-electron chi connectivity index (χ0n) is 12.7. The fourth-order valence-corrected chi connectivity index (χ4v) is 2.85. The monoisotopic (exact) mass is 320 g/mol. The van der Waals surface area contributed by atoms with Crippen LogP contribution in [-0.4, -0.2) is 0 Å². The van der Waals surface area contributed by atoms with Gasteiger partial charge in [0.2, 0.25) is 0 Å². The number of halogens is 1. The van der Waals surface area contributed by atoms with Crippen molar-refractivity contribution in [3.63, 3.8) is 0 Å². The predicted octanol–water partition coefficient (Wildman–Crippen LogP) is 4.66. The van der Waals surface area contributed by atoms with Gasteiger partial charge in [-0.1, -0.05) is 36.4 Å². The molecule has 3 nitrogen and oxygen atoms in total. The average molecular weight is 320 g/mol. The lowest BCUT2D eigenvalue weighted by Crippen LogP contribution is -2.04. The number of ether oxygens (including phenoxy) is 1. The molecule has 1 heterocycles. The molecule has 24 heavy (non-hydrogen) atoms. The van der Waals surface area contributed by atoms with Crippen molar-refractivity contribution in [2.24, 2.45) is 0 Å². The van der Waals surface area contributed by atoms with Gasteiger partial charge in [-0.2, -0.15) is 0 Å². The summed E-state index contributed by atoms with van der Waals surface area (Å²) in [7, 11) is 0. The lowest BCUT2D eigenvalue weighted by Gasteiger charge is -2.10. The molecular formula is C20H13FO3. The van der Waals surface area contributed by atoms with E-state index in [0.717, 1.165) is 16.2 Å². The molecule has 0 amide bonds. The molecule has 0 radical (unpaired) electrons. The van der Waals surface area contributed by atoms with Crippen molar-refractivity contribution in [2.45, 2.75) is 6.61 Å². The molecule has 0 bridgehead atoms. The van der Waals surface area contributed by atoms with Crippen molar-refractivity contribution in [3.05, 3.63) is 88.5 Å². The third-order valence-corrected chi connectivity index (χ3v) is 3.90. The summed E-state index contributed by atoms with van der Waals surface area (Å²) >= 11 is 0. The van der Waals surface area contributed by atoms with Crippen LogP contribution in [0.5, 0.6) is 5.75 Å². The molecule has 0 aliphatic carbocycles. The molecule has 0 aliphatic rings. The Labute approximate surface area is 136 Å². The number of hydrogen-bond donors (Lipinski definition) is 0. The van der Waals surface area contributed by atoms with Crippen LogP contribution in [0.4, 0.5) is 4.39 Å². The van der Waals surface area contributed by atoms with Gasteiger partial charge in [0.15, 0.2) is 0 Å². The van der Waals surface area contributed by atoms with E-state index in [-0.39, 0.29) is 12.4 Å². The van der Waals surface area contributed by atoms with Crippen LogP contribution < -0.4 is 10.4 Å². The van der Waals surface area contributed by atoms with Gasteiger partial charge in [0.25, 0.3) is 0 Å². The molecule has 1 aromatic heterocycles. The lowest BCUT2D eigenvalue weighted by molar-refractivity contribution is 0.305. The smallest absolute Gasteiger partial charge is 0.336 e. The van der Waals surface area contributed by atoms with E-state index in [4.69, 9.17) is 9.15 Å². The molecule has 0 saturated heterocycles. The first-order valence-electron chi connectivity index (χ1n) is 7.53. The van der Waals surface area contributed by atoms with Gasteiger partial charge in [-0.05, 0) is 29.0 Å². The highest BCUT2D eigenvalue weighted by molar-refractivity contribution is 6.06. The van der Waals surface area contributed by atoms with Crippen LogP contribution in [0.2, 0.25) is 0 Å². The van der Waals surface area contributed by atoms with Gasteiger partial charge in [-0.15, -0.1) is 0 Å². The van der Waals surface area contributed by atoms with Crippen molar-refractivity contribution in [3.8, 4) is 5.75 Å². The number of benzene rings is 3. The highest BCUT2D eigenvalue weighted by atomic mass is 19.1. The Morgan fingerprint density at radius 1 is 0.958 bits per heavy atom. The standard InChI is InChI=1S/C20H13FO3/c21-15-5-3-6-16(11-15)23-12-14-10-19(22)24-18-9-8-13-4-1-2-7-17(13)20(14)18/h1-11H,12H2. The van der Waals surface area contributed by atoms with Crippen LogP contribution in [0.1, 0.15) is 5.56 Å². The topological polar surface area (TPSA) is 39.4 Å². The maximum absolute atomic E-state index is 13.3. The molecular weight excluding hydrogens is 307 g/mol. The van der Waals surface area contributed by atoms with Crippen molar-refractivity contribution in [1.82, 2.24) is 0 Å². The second-order valence-electron chi connectivity index (χ2n) is 5.50. The van der Waals surface area contributed by atoms with Gasteiger partial charge >= 0.3 is 5.63 Å². The normalized spacial score (nSPS) is 11.0. The Morgan fingerprint density at radius 3 is 2.71 bits per heavy atom. The van der Waals surface area contributed by atoms with Crippen LogP contribution in [0, 0.1) is 5.82 Å².